The fourth-order valence-electron chi connectivity index (χ4n) is 3.55. The van der Waals surface area contributed by atoms with Crippen LogP contribution in [0.15, 0.2) is 41.7 Å². The topological polar surface area (TPSA) is 132 Å². The molecule has 0 unspecified atom stereocenters. The van der Waals surface area contributed by atoms with E-state index in [-0.39, 0.29) is 28.2 Å². The quantitative estimate of drug-likeness (QED) is 0.384. The number of nitrogens with zero attached hydrogens (tertiary/aromatic N) is 4. The fourth-order valence-corrected chi connectivity index (χ4v) is 4.67. The zero-order chi connectivity index (χ0) is 24.5. The molecule has 3 aromatic heterocycles. The molecule has 4 rings (SSSR count). The number of para-hydroxylation sites is 1. The third-order valence-electron chi connectivity index (χ3n) is 5.01. The Morgan fingerprint density at radius 3 is 2.38 bits per heavy atom. The monoisotopic (exact) mass is 490 g/mol. The van der Waals surface area contributed by atoms with Crippen molar-refractivity contribution in [2.45, 2.75) is 24.7 Å². The number of alkyl halides is 2. The first-order valence-corrected chi connectivity index (χ1v) is 11.4. The van der Waals surface area contributed by atoms with Gasteiger partial charge < -0.3 is 14.5 Å². The van der Waals surface area contributed by atoms with E-state index < -0.39 is 22.9 Å². The summed E-state index contributed by atoms with van der Waals surface area (Å²) in [5.74, 6) is -0.824. The summed E-state index contributed by atoms with van der Waals surface area (Å²) < 4.78 is 64.7. The van der Waals surface area contributed by atoms with E-state index in [9.17, 15) is 17.2 Å². The van der Waals surface area contributed by atoms with Gasteiger partial charge in [0.15, 0.2) is 0 Å². The van der Waals surface area contributed by atoms with Crippen LogP contribution in [0.5, 0.6) is 11.8 Å². The minimum Gasteiger partial charge on any atom is -0.481 e. The molecule has 0 aliphatic heterocycles. The first-order chi connectivity index (χ1) is 16.2. The van der Waals surface area contributed by atoms with Crippen LogP contribution in [0.25, 0.3) is 22.2 Å². The molecule has 4 aromatic rings. The molecule has 10 nitrogen and oxygen atoms in total. The number of anilines is 1. The number of hydrogen-bond donors (Lipinski definition) is 2. The van der Waals surface area contributed by atoms with E-state index in [0.29, 0.717) is 27.9 Å². The van der Waals surface area contributed by atoms with Crippen molar-refractivity contribution < 1.29 is 26.7 Å². The Bertz CT molecular complexity index is 1430. The third-order valence-corrected chi connectivity index (χ3v) is 6.37. The van der Waals surface area contributed by atoms with Gasteiger partial charge >= 0.3 is 0 Å². The van der Waals surface area contributed by atoms with Crippen molar-refractivity contribution in [1.82, 2.24) is 24.9 Å². The highest BCUT2D eigenvalue weighted by Crippen LogP contribution is 2.33. The largest absolute Gasteiger partial charge is 0.481 e. The molecule has 0 fully saturated rings. The molecular weight excluding hydrogens is 470 g/mol. The van der Waals surface area contributed by atoms with Crippen molar-refractivity contribution >= 4 is 26.9 Å². The Hall–Kier alpha value is -3.87. The number of halogens is 2. The molecular formula is C21H20F2N6O4S. The first-order valence-electron chi connectivity index (χ1n) is 9.93. The minimum absolute atomic E-state index is 0.0657. The lowest BCUT2D eigenvalue weighted by Crippen LogP contribution is -2.16. The molecule has 0 bridgehead atoms. The van der Waals surface area contributed by atoms with Gasteiger partial charge in [-0.3, -0.25) is 9.97 Å². The number of sulfonamides is 1. The average Bonchev–Trinajstić information content (AvgIpc) is 3.25. The summed E-state index contributed by atoms with van der Waals surface area (Å²) in [6.07, 6.45) is 1.04. The van der Waals surface area contributed by atoms with Crippen molar-refractivity contribution in [3.63, 3.8) is 0 Å². The zero-order valence-corrected chi connectivity index (χ0v) is 19.2. The summed E-state index contributed by atoms with van der Waals surface area (Å²) in [6, 6.07) is 5.16. The number of H-pyrrole nitrogens is 1. The van der Waals surface area contributed by atoms with E-state index in [4.69, 9.17) is 9.47 Å². The second-order valence-corrected chi connectivity index (χ2v) is 8.77. The molecule has 34 heavy (non-hydrogen) atoms. The second-order valence-electron chi connectivity index (χ2n) is 7.12. The number of hydrogen-bond acceptors (Lipinski definition) is 8. The van der Waals surface area contributed by atoms with Crippen molar-refractivity contribution in [3.8, 4) is 23.0 Å². The van der Waals surface area contributed by atoms with Gasteiger partial charge in [0.2, 0.25) is 24.1 Å². The lowest BCUT2D eigenvalue weighted by molar-refractivity contribution is 0.146. The van der Waals surface area contributed by atoms with Gasteiger partial charge in [-0.25, -0.2) is 21.9 Å². The molecule has 0 saturated carbocycles. The molecule has 0 aliphatic rings. The first kappa shape index (κ1) is 23.3. The second kappa shape index (κ2) is 9.17. The number of rotatable bonds is 8. The van der Waals surface area contributed by atoms with Gasteiger partial charge in [0.25, 0.3) is 10.0 Å². The smallest absolute Gasteiger partial charge is 0.266 e. The third kappa shape index (κ3) is 4.33. The molecule has 0 radical (unpaired) electrons. The molecule has 0 spiro atoms. The highest BCUT2D eigenvalue weighted by molar-refractivity contribution is 7.93. The van der Waals surface area contributed by atoms with E-state index in [1.54, 1.807) is 37.5 Å². The molecule has 0 atom stereocenters. The van der Waals surface area contributed by atoms with E-state index in [1.807, 2.05) is 0 Å². The van der Waals surface area contributed by atoms with Gasteiger partial charge in [-0.15, -0.1) is 0 Å². The van der Waals surface area contributed by atoms with E-state index >= 15 is 0 Å². The Kier molecular flexibility index (Phi) is 6.28. The van der Waals surface area contributed by atoms with Crippen LogP contribution in [0.2, 0.25) is 0 Å². The van der Waals surface area contributed by atoms with Gasteiger partial charge in [-0.2, -0.15) is 9.97 Å². The minimum atomic E-state index is -4.19. The Labute approximate surface area is 193 Å². The van der Waals surface area contributed by atoms with Crippen LogP contribution in [0.3, 0.4) is 0 Å². The number of benzene rings is 1. The molecule has 0 saturated heterocycles. The summed E-state index contributed by atoms with van der Waals surface area (Å²) >= 11 is 0. The number of fused-ring (bicyclic) bond motifs is 1. The molecule has 13 heteroatoms. The Morgan fingerprint density at radius 2 is 1.76 bits per heavy atom. The Balaban J connectivity index is 1.76. The van der Waals surface area contributed by atoms with Crippen LogP contribution in [-0.4, -0.2) is 54.0 Å². The van der Waals surface area contributed by atoms with Gasteiger partial charge in [-0.1, -0.05) is 18.2 Å². The molecule has 0 amide bonds. The SMILES string of the molecule is COc1nc(NS(=O)(=O)c2c[nH]c3c(-c4nccnc4C)cccc23)nc(OC)c1CC(F)F. The maximum absolute atomic E-state index is 13.2. The van der Waals surface area contributed by atoms with Gasteiger partial charge in [0.1, 0.15) is 4.90 Å². The van der Waals surface area contributed by atoms with Crippen LogP contribution in [0.1, 0.15) is 11.3 Å². The number of nitrogens with one attached hydrogen (secondary N) is 2. The normalized spacial score (nSPS) is 11.7. The predicted molar refractivity (Wildman–Crippen MR) is 120 cm³/mol. The predicted octanol–water partition coefficient (Wildman–Crippen LogP) is 3.35. The van der Waals surface area contributed by atoms with Crippen LogP contribution in [0, 0.1) is 6.92 Å². The van der Waals surface area contributed by atoms with E-state index in [2.05, 4.69) is 29.6 Å². The molecule has 0 aliphatic carbocycles. The van der Waals surface area contributed by atoms with Gasteiger partial charge in [0, 0.05) is 36.0 Å². The van der Waals surface area contributed by atoms with E-state index in [1.165, 1.54) is 20.4 Å². The van der Waals surface area contributed by atoms with Crippen molar-refractivity contribution in [2.24, 2.45) is 0 Å². The highest BCUT2D eigenvalue weighted by atomic mass is 32.2. The van der Waals surface area contributed by atoms with Gasteiger partial charge in [0.05, 0.1) is 36.7 Å². The Morgan fingerprint density at radius 1 is 1.09 bits per heavy atom. The fraction of sp³-hybridized carbons (Fsp3) is 0.238. The highest BCUT2D eigenvalue weighted by Gasteiger charge is 2.25. The maximum Gasteiger partial charge on any atom is 0.266 e. The van der Waals surface area contributed by atoms with Crippen LogP contribution >= 0.6 is 0 Å². The summed E-state index contributed by atoms with van der Waals surface area (Å²) in [6.45, 7) is 1.80. The van der Waals surface area contributed by atoms with Crippen molar-refractivity contribution in [1.29, 1.82) is 0 Å². The standard InChI is InChI=1S/C21H20F2N6O4S/c1-11-17(25-8-7-24-11)13-6-4-5-12-15(10-26-18(12)13)34(30,31)29-21-27-19(32-2)14(9-16(22)23)20(28-21)33-3/h4-8,10,16,26H,9H2,1-3H3,(H,27,28,29). The lowest BCUT2D eigenvalue weighted by Gasteiger charge is -2.13. The lowest BCUT2D eigenvalue weighted by atomic mass is 10.1. The van der Waals surface area contributed by atoms with E-state index in [0.717, 1.165) is 0 Å². The van der Waals surface area contributed by atoms with Crippen molar-refractivity contribution in [3.05, 3.63) is 48.0 Å². The van der Waals surface area contributed by atoms with Crippen LogP contribution < -0.4 is 14.2 Å². The number of aromatic nitrogens is 5. The van der Waals surface area contributed by atoms with Crippen molar-refractivity contribution in [2.75, 3.05) is 18.9 Å². The molecule has 3 heterocycles. The van der Waals surface area contributed by atoms with Crippen LogP contribution in [0.4, 0.5) is 14.7 Å². The zero-order valence-electron chi connectivity index (χ0n) is 18.3. The number of methoxy groups -OCH3 is 2. The summed E-state index contributed by atoms with van der Waals surface area (Å²) in [7, 11) is -1.74. The number of ether oxygens (including phenoxy) is 2. The number of aryl methyl sites for hydroxylation is 1. The van der Waals surface area contributed by atoms with Gasteiger partial charge in [-0.05, 0) is 6.92 Å². The summed E-state index contributed by atoms with van der Waals surface area (Å²) in [5.41, 5.74) is 2.46. The number of aromatic amines is 1. The molecule has 2 N–H and O–H groups in total. The maximum atomic E-state index is 13.2. The summed E-state index contributed by atoms with van der Waals surface area (Å²) in [5, 5.41) is 0.406. The van der Waals surface area contributed by atoms with Crippen LogP contribution in [-0.2, 0) is 16.4 Å². The molecule has 1 aromatic carbocycles. The molecule has 178 valence electrons. The average molecular weight is 490 g/mol. The summed E-state index contributed by atoms with van der Waals surface area (Å²) in [4.78, 5) is 19.4.